The Hall–Kier alpha value is -1.27. The highest BCUT2D eigenvalue weighted by Gasteiger charge is 2.24. The van der Waals surface area contributed by atoms with Crippen LogP contribution in [0.3, 0.4) is 0 Å². The molecule has 0 aliphatic rings. The lowest BCUT2D eigenvalue weighted by molar-refractivity contribution is 0.317. The van der Waals surface area contributed by atoms with Crippen molar-refractivity contribution in [3.05, 3.63) is 28.3 Å². The Kier molecular flexibility index (Phi) is 2.77. The molecule has 0 aliphatic carbocycles. The predicted octanol–water partition coefficient (Wildman–Crippen LogP) is 1.87. The maximum Gasteiger partial charge on any atom is 0.232 e. The first-order chi connectivity index (χ1) is 7.48. The lowest BCUT2D eigenvalue weighted by Gasteiger charge is -2.10. The molecule has 86 valence electrons. The van der Waals surface area contributed by atoms with E-state index in [2.05, 4.69) is 15.1 Å². The molecule has 0 saturated heterocycles. The molecule has 16 heavy (non-hydrogen) atoms. The van der Waals surface area contributed by atoms with Gasteiger partial charge in [0, 0.05) is 10.8 Å². The van der Waals surface area contributed by atoms with Gasteiger partial charge in [-0.25, -0.2) is 4.98 Å². The summed E-state index contributed by atoms with van der Waals surface area (Å²) >= 11 is 1.50. The summed E-state index contributed by atoms with van der Waals surface area (Å²) in [5, 5.41) is 5.78. The van der Waals surface area contributed by atoms with Crippen LogP contribution >= 0.6 is 11.3 Å². The van der Waals surface area contributed by atoms with Gasteiger partial charge in [-0.2, -0.15) is 4.98 Å². The average Bonchev–Trinajstić information content (AvgIpc) is 2.87. The Labute approximate surface area is 97.7 Å². The van der Waals surface area contributed by atoms with Gasteiger partial charge in [0.1, 0.15) is 6.04 Å². The van der Waals surface area contributed by atoms with Crippen LogP contribution in [0.2, 0.25) is 0 Å². The molecule has 6 heteroatoms. The van der Waals surface area contributed by atoms with E-state index in [0.717, 1.165) is 5.69 Å². The quantitative estimate of drug-likeness (QED) is 0.864. The molecule has 1 unspecified atom stereocenters. The number of thiazole rings is 1. The van der Waals surface area contributed by atoms with Crippen LogP contribution in [0.5, 0.6) is 0 Å². The molecule has 2 aromatic rings. The second-order valence-corrected chi connectivity index (χ2v) is 5.32. The summed E-state index contributed by atoms with van der Waals surface area (Å²) in [6, 6.07) is -0.411. The van der Waals surface area contributed by atoms with Crippen LogP contribution < -0.4 is 5.73 Å². The van der Waals surface area contributed by atoms with E-state index in [4.69, 9.17) is 10.3 Å². The van der Waals surface area contributed by atoms with Crippen LogP contribution in [-0.2, 0) is 5.41 Å². The SMILES string of the molecule is CC(C)(C)c1nc(C(N)c2cscn2)no1. The summed E-state index contributed by atoms with van der Waals surface area (Å²) < 4.78 is 5.18. The summed E-state index contributed by atoms with van der Waals surface area (Å²) in [5.74, 6) is 1.07. The number of hydrogen-bond donors (Lipinski definition) is 1. The number of rotatable bonds is 2. The van der Waals surface area contributed by atoms with Crippen LogP contribution in [0, 0.1) is 0 Å². The smallest absolute Gasteiger partial charge is 0.232 e. The van der Waals surface area contributed by atoms with Crippen molar-refractivity contribution in [2.45, 2.75) is 32.2 Å². The molecule has 1 atom stereocenters. The topological polar surface area (TPSA) is 77.8 Å². The Morgan fingerprint density at radius 3 is 2.69 bits per heavy atom. The van der Waals surface area contributed by atoms with Gasteiger partial charge in [0.25, 0.3) is 0 Å². The third kappa shape index (κ3) is 2.12. The second kappa shape index (κ2) is 3.95. The van der Waals surface area contributed by atoms with Gasteiger partial charge in [-0.05, 0) is 0 Å². The molecule has 0 amide bonds. The van der Waals surface area contributed by atoms with Crippen LogP contribution in [0.4, 0.5) is 0 Å². The highest BCUT2D eigenvalue weighted by atomic mass is 32.1. The average molecular weight is 238 g/mol. The molecule has 0 spiro atoms. The van der Waals surface area contributed by atoms with Crippen molar-refractivity contribution in [3.8, 4) is 0 Å². The van der Waals surface area contributed by atoms with E-state index in [0.29, 0.717) is 11.7 Å². The molecular weight excluding hydrogens is 224 g/mol. The van der Waals surface area contributed by atoms with Crippen molar-refractivity contribution in [1.29, 1.82) is 0 Å². The van der Waals surface area contributed by atoms with E-state index < -0.39 is 6.04 Å². The fraction of sp³-hybridized carbons (Fsp3) is 0.500. The minimum atomic E-state index is -0.411. The molecule has 2 rings (SSSR count). The summed E-state index contributed by atoms with van der Waals surface area (Å²) in [5.41, 5.74) is 8.32. The van der Waals surface area contributed by atoms with E-state index >= 15 is 0 Å². The molecule has 2 aromatic heterocycles. The van der Waals surface area contributed by atoms with Crippen molar-refractivity contribution in [1.82, 2.24) is 15.1 Å². The first-order valence-electron chi connectivity index (χ1n) is 4.96. The van der Waals surface area contributed by atoms with E-state index in [1.807, 2.05) is 26.2 Å². The Morgan fingerprint density at radius 1 is 1.44 bits per heavy atom. The first kappa shape index (κ1) is 11.2. The Balaban J connectivity index is 2.26. The van der Waals surface area contributed by atoms with Gasteiger partial charge < -0.3 is 10.3 Å². The minimum absolute atomic E-state index is 0.160. The molecule has 0 fully saturated rings. The standard InChI is InChI=1S/C10H14N4OS/c1-10(2,3)9-13-8(14-15-9)7(11)6-4-16-5-12-6/h4-5,7H,11H2,1-3H3. The molecule has 0 aliphatic heterocycles. The van der Waals surface area contributed by atoms with Crippen molar-refractivity contribution < 1.29 is 4.52 Å². The predicted molar refractivity (Wildman–Crippen MR) is 61.1 cm³/mol. The Morgan fingerprint density at radius 2 is 2.19 bits per heavy atom. The van der Waals surface area contributed by atoms with Crippen molar-refractivity contribution >= 4 is 11.3 Å². The lowest BCUT2D eigenvalue weighted by Crippen LogP contribution is -2.15. The zero-order chi connectivity index (χ0) is 11.8. The van der Waals surface area contributed by atoms with E-state index in [-0.39, 0.29) is 5.41 Å². The van der Waals surface area contributed by atoms with Crippen LogP contribution in [0.25, 0.3) is 0 Å². The summed E-state index contributed by atoms with van der Waals surface area (Å²) in [7, 11) is 0. The fourth-order valence-electron chi connectivity index (χ4n) is 1.17. The molecule has 2 N–H and O–H groups in total. The van der Waals surface area contributed by atoms with Crippen LogP contribution in [0.1, 0.15) is 44.2 Å². The second-order valence-electron chi connectivity index (χ2n) is 4.60. The van der Waals surface area contributed by atoms with Crippen molar-refractivity contribution in [2.75, 3.05) is 0 Å². The minimum Gasteiger partial charge on any atom is -0.339 e. The zero-order valence-electron chi connectivity index (χ0n) is 9.47. The maximum absolute atomic E-state index is 5.98. The molecule has 0 radical (unpaired) electrons. The first-order valence-corrected chi connectivity index (χ1v) is 5.90. The fourth-order valence-corrected chi connectivity index (χ4v) is 1.76. The molecule has 0 saturated carbocycles. The van der Waals surface area contributed by atoms with Crippen LogP contribution in [-0.4, -0.2) is 15.1 Å². The third-order valence-corrected chi connectivity index (χ3v) is 2.74. The van der Waals surface area contributed by atoms with Gasteiger partial charge >= 0.3 is 0 Å². The highest BCUT2D eigenvalue weighted by Crippen LogP contribution is 2.23. The van der Waals surface area contributed by atoms with Gasteiger partial charge in [0.15, 0.2) is 5.82 Å². The van der Waals surface area contributed by atoms with Gasteiger partial charge in [0.05, 0.1) is 11.2 Å². The molecule has 0 bridgehead atoms. The maximum atomic E-state index is 5.98. The van der Waals surface area contributed by atoms with Crippen LogP contribution in [0.15, 0.2) is 15.4 Å². The van der Waals surface area contributed by atoms with E-state index in [1.165, 1.54) is 11.3 Å². The Bertz CT molecular complexity index is 457. The summed E-state index contributed by atoms with van der Waals surface area (Å²) in [6.45, 7) is 6.04. The molecule has 2 heterocycles. The number of nitrogens with two attached hydrogens (primary N) is 1. The van der Waals surface area contributed by atoms with Gasteiger partial charge in [-0.3, -0.25) is 0 Å². The monoisotopic (exact) mass is 238 g/mol. The number of hydrogen-bond acceptors (Lipinski definition) is 6. The normalized spacial score (nSPS) is 14.0. The third-order valence-electron chi connectivity index (χ3n) is 2.13. The van der Waals surface area contributed by atoms with Gasteiger partial charge in [-0.15, -0.1) is 11.3 Å². The highest BCUT2D eigenvalue weighted by molar-refractivity contribution is 7.07. The number of aromatic nitrogens is 3. The van der Waals surface area contributed by atoms with Crippen molar-refractivity contribution in [2.24, 2.45) is 5.73 Å². The zero-order valence-corrected chi connectivity index (χ0v) is 10.3. The lowest BCUT2D eigenvalue weighted by atomic mass is 9.97. The van der Waals surface area contributed by atoms with Crippen molar-refractivity contribution in [3.63, 3.8) is 0 Å². The molecule has 0 aromatic carbocycles. The molecule has 5 nitrogen and oxygen atoms in total. The largest absolute Gasteiger partial charge is 0.339 e. The molecular formula is C10H14N4OS. The van der Waals surface area contributed by atoms with E-state index in [9.17, 15) is 0 Å². The van der Waals surface area contributed by atoms with E-state index in [1.54, 1.807) is 5.51 Å². The summed E-state index contributed by atoms with van der Waals surface area (Å²) in [6.07, 6.45) is 0. The number of nitrogens with zero attached hydrogens (tertiary/aromatic N) is 3. The van der Waals surface area contributed by atoms with Gasteiger partial charge in [-0.1, -0.05) is 25.9 Å². The van der Waals surface area contributed by atoms with Gasteiger partial charge in [0.2, 0.25) is 5.89 Å². The summed E-state index contributed by atoms with van der Waals surface area (Å²) in [4.78, 5) is 8.44.